The van der Waals surface area contributed by atoms with E-state index in [0.717, 1.165) is 22.4 Å². The van der Waals surface area contributed by atoms with Gasteiger partial charge in [-0.2, -0.15) is 0 Å². The standard InChI is InChI=1S/C27H23N5O/c1-18-13-14-22(19(2)15-18)32-17-30-24(26(32)29-16-20-9-5-3-6-10-20)23-25(28)33-27(31-23)21-11-7-4-8-12-21/h3-17H,28H2,1-2H3/b29-16+. The zero-order chi connectivity index (χ0) is 22.8. The number of benzene rings is 3. The summed E-state index contributed by atoms with van der Waals surface area (Å²) in [6.45, 7) is 4.15. The van der Waals surface area contributed by atoms with Crippen molar-refractivity contribution in [2.75, 3.05) is 5.73 Å². The first-order valence-electron chi connectivity index (χ1n) is 10.7. The molecule has 6 nitrogen and oxygen atoms in total. The Kier molecular flexibility index (Phi) is 5.32. The van der Waals surface area contributed by atoms with Crippen molar-refractivity contribution in [2.45, 2.75) is 13.8 Å². The Labute approximate surface area is 192 Å². The minimum absolute atomic E-state index is 0.205. The van der Waals surface area contributed by atoms with Crippen LogP contribution in [0.5, 0.6) is 0 Å². The molecule has 6 heteroatoms. The summed E-state index contributed by atoms with van der Waals surface area (Å²) >= 11 is 0. The number of aromatic nitrogens is 3. The van der Waals surface area contributed by atoms with Crippen molar-refractivity contribution >= 4 is 17.9 Å². The summed E-state index contributed by atoms with van der Waals surface area (Å²) in [5, 5.41) is 0. The number of aryl methyl sites for hydroxylation is 2. The van der Waals surface area contributed by atoms with Crippen LogP contribution in [0.1, 0.15) is 16.7 Å². The second-order valence-electron chi connectivity index (χ2n) is 7.84. The molecule has 5 aromatic rings. The monoisotopic (exact) mass is 433 g/mol. The van der Waals surface area contributed by atoms with Crippen molar-refractivity contribution in [1.29, 1.82) is 0 Å². The number of imidazole rings is 1. The van der Waals surface area contributed by atoms with Gasteiger partial charge in [0, 0.05) is 11.8 Å². The van der Waals surface area contributed by atoms with Gasteiger partial charge in [0.15, 0.2) is 11.5 Å². The lowest BCUT2D eigenvalue weighted by atomic mass is 10.1. The Hall–Kier alpha value is -4.45. The van der Waals surface area contributed by atoms with Crippen LogP contribution in [0.4, 0.5) is 11.7 Å². The van der Waals surface area contributed by atoms with E-state index in [0.29, 0.717) is 23.1 Å². The molecule has 0 aliphatic rings. The molecule has 0 atom stereocenters. The van der Waals surface area contributed by atoms with Crippen LogP contribution in [0, 0.1) is 13.8 Å². The molecule has 0 radical (unpaired) electrons. The summed E-state index contributed by atoms with van der Waals surface area (Å²) in [4.78, 5) is 14.1. The maximum Gasteiger partial charge on any atom is 0.229 e. The van der Waals surface area contributed by atoms with E-state index >= 15 is 0 Å². The number of anilines is 1. The van der Waals surface area contributed by atoms with Gasteiger partial charge in [0.1, 0.15) is 12.0 Å². The highest BCUT2D eigenvalue weighted by atomic mass is 16.4. The van der Waals surface area contributed by atoms with Gasteiger partial charge in [-0.25, -0.2) is 15.0 Å². The van der Waals surface area contributed by atoms with E-state index < -0.39 is 0 Å². The van der Waals surface area contributed by atoms with Crippen molar-refractivity contribution in [3.8, 4) is 28.5 Å². The second kappa shape index (κ2) is 8.59. The zero-order valence-electron chi connectivity index (χ0n) is 18.4. The smallest absolute Gasteiger partial charge is 0.229 e. The second-order valence-corrected chi connectivity index (χ2v) is 7.84. The molecule has 33 heavy (non-hydrogen) atoms. The van der Waals surface area contributed by atoms with Crippen molar-refractivity contribution in [2.24, 2.45) is 4.99 Å². The lowest BCUT2D eigenvalue weighted by Gasteiger charge is -2.10. The largest absolute Gasteiger partial charge is 0.420 e. The molecule has 0 bridgehead atoms. The number of hydrogen-bond donors (Lipinski definition) is 1. The van der Waals surface area contributed by atoms with Gasteiger partial charge in [-0.3, -0.25) is 4.57 Å². The van der Waals surface area contributed by atoms with Crippen LogP contribution in [-0.2, 0) is 0 Å². The van der Waals surface area contributed by atoms with Gasteiger partial charge in [-0.05, 0) is 43.2 Å². The van der Waals surface area contributed by atoms with Gasteiger partial charge >= 0.3 is 0 Å². The Balaban J connectivity index is 1.66. The van der Waals surface area contributed by atoms with Crippen LogP contribution in [-0.4, -0.2) is 20.7 Å². The fourth-order valence-corrected chi connectivity index (χ4v) is 3.76. The van der Waals surface area contributed by atoms with E-state index in [1.165, 1.54) is 5.56 Å². The van der Waals surface area contributed by atoms with Gasteiger partial charge in [0.25, 0.3) is 0 Å². The molecule has 0 aliphatic carbocycles. The van der Waals surface area contributed by atoms with Gasteiger partial charge < -0.3 is 10.2 Å². The molecular weight excluding hydrogens is 410 g/mol. The predicted molar refractivity (Wildman–Crippen MR) is 132 cm³/mol. The number of aliphatic imine (C=N–C) groups is 1. The fraction of sp³-hybridized carbons (Fsp3) is 0.0741. The Morgan fingerprint density at radius 1 is 0.909 bits per heavy atom. The van der Waals surface area contributed by atoms with Crippen molar-refractivity contribution < 1.29 is 4.42 Å². The SMILES string of the molecule is Cc1ccc(-n2cnc(-c3nc(-c4ccccc4)oc3N)c2/N=C/c2ccccc2)c(C)c1. The summed E-state index contributed by atoms with van der Waals surface area (Å²) < 4.78 is 7.75. The number of nitrogen functional groups attached to an aromatic ring is 1. The molecule has 5 rings (SSSR count). The summed E-state index contributed by atoms with van der Waals surface area (Å²) in [6, 6.07) is 25.9. The number of hydrogen-bond acceptors (Lipinski definition) is 5. The Morgan fingerprint density at radius 2 is 1.64 bits per heavy atom. The first-order valence-corrected chi connectivity index (χ1v) is 10.7. The average Bonchev–Trinajstić information content (AvgIpc) is 3.42. The molecule has 0 saturated heterocycles. The molecule has 0 saturated carbocycles. The van der Waals surface area contributed by atoms with Crippen LogP contribution in [0.15, 0.2) is 94.6 Å². The Morgan fingerprint density at radius 3 is 2.36 bits per heavy atom. The quantitative estimate of drug-likeness (QED) is 0.337. The fourth-order valence-electron chi connectivity index (χ4n) is 3.76. The van der Waals surface area contributed by atoms with Gasteiger partial charge in [0.05, 0.1) is 5.69 Å². The van der Waals surface area contributed by atoms with Crippen molar-refractivity contribution in [1.82, 2.24) is 14.5 Å². The maximum absolute atomic E-state index is 6.25. The molecule has 2 heterocycles. The third kappa shape index (κ3) is 4.06. The lowest BCUT2D eigenvalue weighted by molar-refractivity contribution is 0.594. The third-order valence-corrected chi connectivity index (χ3v) is 5.39. The minimum Gasteiger partial charge on any atom is -0.420 e. The normalized spacial score (nSPS) is 11.3. The van der Waals surface area contributed by atoms with Crippen LogP contribution >= 0.6 is 0 Å². The summed E-state index contributed by atoms with van der Waals surface area (Å²) in [6.07, 6.45) is 3.57. The minimum atomic E-state index is 0.205. The van der Waals surface area contributed by atoms with E-state index in [9.17, 15) is 0 Å². The van der Waals surface area contributed by atoms with E-state index in [-0.39, 0.29) is 5.88 Å². The topological polar surface area (TPSA) is 82.2 Å². The highest BCUT2D eigenvalue weighted by Crippen LogP contribution is 2.37. The molecule has 0 aliphatic heterocycles. The highest BCUT2D eigenvalue weighted by molar-refractivity contribution is 5.85. The number of nitrogens with zero attached hydrogens (tertiary/aromatic N) is 4. The van der Waals surface area contributed by atoms with E-state index in [1.807, 2.05) is 71.4 Å². The lowest BCUT2D eigenvalue weighted by Crippen LogP contribution is -1.96. The van der Waals surface area contributed by atoms with Crippen LogP contribution < -0.4 is 5.73 Å². The first kappa shape index (κ1) is 20.5. The number of rotatable bonds is 5. The van der Waals surface area contributed by atoms with Gasteiger partial charge in [-0.1, -0.05) is 66.2 Å². The molecule has 0 amide bonds. The molecule has 2 aromatic heterocycles. The number of nitrogens with two attached hydrogens (primary N) is 1. The zero-order valence-corrected chi connectivity index (χ0v) is 18.4. The summed E-state index contributed by atoms with van der Waals surface area (Å²) in [5.74, 6) is 1.28. The highest BCUT2D eigenvalue weighted by Gasteiger charge is 2.22. The van der Waals surface area contributed by atoms with Gasteiger partial charge in [0.2, 0.25) is 11.8 Å². The first-order chi connectivity index (χ1) is 16.1. The maximum atomic E-state index is 6.25. The molecule has 0 unspecified atom stereocenters. The molecular formula is C27H23N5O. The number of oxazole rings is 1. The van der Waals surface area contributed by atoms with Crippen LogP contribution in [0.2, 0.25) is 0 Å². The molecule has 2 N–H and O–H groups in total. The third-order valence-electron chi connectivity index (χ3n) is 5.39. The van der Waals surface area contributed by atoms with E-state index in [4.69, 9.17) is 15.1 Å². The Bertz CT molecular complexity index is 1430. The van der Waals surface area contributed by atoms with Crippen molar-refractivity contribution in [3.05, 3.63) is 102 Å². The molecule has 0 spiro atoms. The summed E-state index contributed by atoms with van der Waals surface area (Å²) in [7, 11) is 0. The van der Waals surface area contributed by atoms with E-state index in [2.05, 4.69) is 42.0 Å². The van der Waals surface area contributed by atoms with E-state index in [1.54, 1.807) is 6.33 Å². The average molecular weight is 434 g/mol. The molecule has 162 valence electrons. The molecule has 0 fully saturated rings. The van der Waals surface area contributed by atoms with Gasteiger partial charge in [-0.15, -0.1) is 0 Å². The molecule has 3 aromatic carbocycles. The predicted octanol–water partition coefficient (Wildman–Crippen LogP) is 6.14. The summed E-state index contributed by atoms with van der Waals surface area (Å²) in [5.41, 5.74) is 12.4. The van der Waals surface area contributed by atoms with Crippen LogP contribution in [0.3, 0.4) is 0 Å². The van der Waals surface area contributed by atoms with Crippen LogP contribution in [0.25, 0.3) is 28.5 Å². The van der Waals surface area contributed by atoms with Crippen molar-refractivity contribution in [3.63, 3.8) is 0 Å².